The van der Waals surface area contributed by atoms with Gasteiger partial charge < -0.3 is 4.79 Å². The molecule has 0 spiro atoms. The fourth-order valence-corrected chi connectivity index (χ4v) is 0.161. The molecule has 0 bridgehead atoms. The van der Waals surface area contributed by atoms with E-state index in [0.29, 0.717) is 5.41 Å². The number of hydrogen-bond donors (Lipinski definition) is 0. The summed E-state index contributed by atoms with van der Waals surface area (Å²) in [6.45, 7) is 24.8. The SMILES string of the molecule is C.C.CC(C)(C(F)(F)F)C(F)(F)F.CC(C)(C)C.CC(C)=O.CCC.CCC.CCC. The van der Waals surface area contributed by atoms with Crippen molar-refractivity contribution in [1.82, 2.24) is 0 Å². The molecule has 1 nitrogen and oxygen atoms in total. The average Bonchev–Trinajstić information content (AvgIpc) is 2.35. The lowest BCUT2D eigenvalue weighted by Gasteiger charge is -2.29. The molecule has 200 valence electrons. The Morgan fingerprint density at radius 3 is 0.613 bits per heavy atom. The van der Waals surface area contributed by atoms with Crippen molar-refractivity contribution in [3.8, 4) is 0 Å². The molecule has 7 heteroatoms. The Bertz CT molecular complexity index is 294. The van der Waals surface area contributed by atoms with Crippen LogP contribution < -0.4 is 0 Å². The van der Waals surface area contributed by atoms with Crippen LogP contribution in [-0.2, 0) is 4.79 Å². The van der Waals surface area contributed by atoms with Gasteiger partial charge >= 0.3 is 12.4 Å². The van der Waals surface area contributed by atoms with Gasteiger partial charge in [0.25, 0.3) is 0 Å². The van der Waals surface area contributed by atoms with Crippen LogP contribution in [0, 0.1) is 10.8 Å². The van der Waals surface area contributed by atoms with Gasteiger partial charge in [-0.2, -0.15) is 26.3 Å². The molecule has 0 saturated heterocycles. The Morgan fingerprint density at radius 2 is 0.613 bits per heavy atom. The van der Waals surface area contributed by atoms with E-state index in [9.17, 15) is 31.1 Å². The zero-order valence-electron chi connectivity index (χ0n) is 21.3. The molecular weight excluding hydrogens is 418 g/mol. The minimum atomic E-state index is -5.24. The van der Waals surface area contributed by atoms with Crippen LogP contribution in [0.3, 0.4) is 0 Å². The number of ketones is 1. The maximum absolute atomic E-state index is 11.6. The number of halogens is 6. The highest BCUT2D eigenvalue weighted by Gasteiger charge is 2.64. The molecular formula is C24H56F6O. The Kier molecular flexibility index (Phi) is 46.0. The molecule has 0 aromatic rings. The first-order valence-electron chi connectivity index (χ1n) is 10.1. The molecule has 0 rings (SSSR count). The van der Waals surface area contributed by atoms with E-state index < -0.39 is 17.8 Å². The number of alkyl halides is 6. The highest BCUT2D eigenvalue weighted by molar-refractivity contribution is 5.72. The summed E-state index contributed by atoms with van der Waals surface area (Å²) in [5.74, 6) is 0.167. The highest BCUT2D eigenvalue weighted by Crippen LogP contribution is 2.49. The Balaban J connectivity index is -0.0000000375. The quantitative estimate of drug-likeness (QED) is 0.319. The van der Waals surface area contributed by atoms with Crippen molar-refractivity contribution in [3.63, 3.8) is 0 Å². The summed E-state index contributed by atoms with van der Waals surface area (Å²) in [6.07, 6.45) is -6.74. The van der Waals surface area contributed by atoms with Crippen LogP contribution >= 0.6 is 0 Å². The van der Waals surface area contributed by atoms with Gasteiger partial charge in [0.15, 0.2) is 5.41 Å². The summed E-state index contributed by atoms with van der Waals surface area (Å²) in [6, 6.07) is 0. The van der Waals surface area contributed by atoms with Crippen molar-refractivity contribution in [3.05, 3.63) is 0 Å². The number of carbonyl (C=O) groups is 1. The van der Waals surface area contributed by atoms with Crippen molar-refractivity contribution in [1.29, 1.82) is 0 Å². The fraction of sp³-hybridized carbons (Fsp3) is 0.958. The van der Waals surface area contributed by atoms with Gasteiger partial charge in [-0.3, -0.25) is 0 Å². The molecule has 0 radical (unpaired) electrons. The summed E-state index contributed by atoms with van der Waals surface area (Å²) in [5.41, 5.74) is -3.12. The van der Waals surface area contributed by atoms with Crippen LogP contribution in [0.4, 0.5) is 26.3 Å². The summed E-state index contributed by atoms with van der Waals surface area (Å²) in [7, 11) is 0. The second-order valence-corrected chi connectivity index (χ2v) is 8.65. The lowest BCUT2D eigenvalue weighted by Crippen LogP contribution is -2.44. The minimum absolute atomic E-state index is 0. The van der Waals surface area contributed by atoms with E-state index in [1.165, 1.54) is 33.1 Å². The zero-order valence-corrected chi connectivity index (χ0v) is 21.3. The van der Waals surface area contributed by atoms with Gasteiger partial charge in [0.1, 0.15) is 5.78 Å². The number of rotatable bonds is 0. The maximum Gasteiger partial charge on any atom is 0.402 e. The fourth-order valence-electron chi connectivity index (χ4n) is 0.161. The van der Waals surface area contributed by atoms with Gasteiger partial charge in [0.2, 0.25) is 0 Å². The minimum Gasteiger partial charge on any atom is -0.300 e. The molecule has 0 aliphatic rings. The predicted octanol–water partition coefficient (Wildman–Crippen LogP) is 11.3. The highest BCUT2D eigenvalue weighted by atomic mass is 19.4. The zero-order chi connectivity index (χ0) is 25.7. The van der Waals surface area contributed by atoms with Gasteiger partial charge in [-0.05, 0) is 33.1 Å². The lowest BCUT2D eigenvalue weighted by atomic mass is 9.92. The van der Waals surface area contributed by atoms with Gasteiger partial charge in [-0.1, -0.05) is 103 Å². The van der Waals surface area contributed by atoms with Crippen LogP contribution in [0.5, 0.6) is 0 Å². The molecule has 0 aromatic heterocycles. The summed E-state index contributed by atoms with van der Waals surface area (Å²) >= 11 is 0. The van der Waals surface area contributed by atoms with Crippen LogP contribution in [0.2, 0.25) is 0 Å². The smallest absolute Gasteiger partial charge is 0.300 e. The van der Waals surface area contributed by atoms with Crippen molar-refractivity contribution < 1.29 is 31.1 Å². The topological polar surface area (TPSA) is 17.1 Å². The van der Waals surface area contributed by atoms with Gasteiger partial charge in [0, 0.05) is 0 Å². The van der Waals surface area contributed by atoms with E-state index >= 15 is 0 Å². The summed E-state index contributed by atoms with van der Waals surface area (Å²) in [5, 5.41) is 0. The standard InChI is InChI=1S/C5H6F6.C5H12.C3H6O.3C3H8.2CH4/c1-3(2,4(6,7)8)5(9,10)11;1-5(2,3)4;1-3(2)4;3*1-3-2;;/h1-2H3;1-4H3;1-2H3;3*3H2,1-2H3;2*1H4. The molecule has 0 aromatic carbocycles. The first-order chi connectivity index (χ1) is 12.5. The van der Waals surface area contributed by atoms with E-state index in [2.05, 4.69) is 69.2 Å². The Labute approximate surface area is 191 Å². The Morgan fingerprint density at radius 1 is 0.548 bits per heavy atom. The van der Waals surface area contributed by atoms with E-state index in [1.807, 2.05) is 0 Å². The third kappa shape index (κ3) is 73.0. The predicted molar refractivity (Wildman–Crippen MR) is 129 cm³/mol. The average molecular weight is 475 g/mol. The molecule has 0 amide bonds. The van der Waals surface area contributed by atoms with E-state index in [-0.39, 0.29) is 34.5 Å². The van der Waals surface area contributed by atoms with Crippen molar-refractivity contribution in [2.24, 2.45) is 10.8 Å². The van der Waals surface area contributed by atoms with Crippen LogP contribution in [-0.4, -0.2) is 18.1 Å². The number of Topliss-reactive ketones (excluding diaryl/α,β-unsaturated/α-hetero) is 1. The first-order valence-corrected chi connectivity index (χ1v) is 10.1. The largest absolute Gasteiger partial charge is 0.402 e. The van der Waals surface area contributed by atoms with Crippen LogP contribution in [0.25, 0.3) is 0 Å². The monoisotopic (exact) mass is 474 g/mol. The second-order valence-electron chi connectivity index (χ2n) is 8.65. The molecule has 0 saturated carbocycles. The van der Waals surface area contributed by atoms with Gasteiger partial charge in [-0.25, -0.2) is 0 Å². The summed E-state index contributed by atoms with van der Waals surface area (Å²) < 4.78 is 69.7. The molecule has 0 fully saturated rings. The van der Waals surface area contributed by atoms with Gasteiger partial charge in [-0.15, -0.1) is 0 Å². The molecule has 31 heavy (non-hydrogen) atoms. The van der Waals surface area contributed by atoms with Crippen molar-refractivity contribution in [2.45, 2.75) is 143 Å². The maximum atomic E-state index is 11.6. The molecule has 0 aliphatic carbocycles. The lowest BCUT2D eigenvalue weighted by molar-refractivity contribution is -0.327. The third-order valence-corrected chi connectivity index (χ3v) is 1.42. The molecule has 0 heterocycles. The molecule has 0 aliphatic heterocycles. The van der Waals surface area contributed by atoms with E-state index in [0.717, 1.165) is 0 Å². The first kappa shape index (κ1) is 52.3. The Hall–Kier alpha value is -0.750. The normalized spacial score (nSPS) is 9.94. The molecule has 0 atom stereocenters. The van der Waals surface area contributed by atoms with E-state index in [4.69, 9.17) is 0 Å². The van der Waals surface area contributed by atoms with Gasteiger partial charge in [0.05, 0.1) is 0 Å². The second kappa shape index (κ2) is 27.3. The summed E-state index contributed by atoms with van der Waals surface area (Å²) in [4.78, 5) is 9.44. The molecule has 0 N–H and O–H groups in total. The van der Waals surface area contributed by atoms with Crippen LogP contribution in [0.1, 0.15) is 131 Å². The van der Waals surface area contributed by atoms with E-state index in [1.54, 1.807) is 0 Å². The molecule has 0 unspecified atom stereocenters. The van der Waals surface area contributed by atoms with Crippen molar-refractivity contribution in [2.75, 3.05) is 0 Å². The van der Waals surface area contributed by atoms with Crippen molar-refractivity contribution >= 4 is 5.78 Å². The number of carbonyl (C=O) groups excluding carboxylic acids is 1. The number of hydrogen-bond acceptors (Lipinski definition) is 1. The van der Waals surface area contributed by atoms with Crippen LogP contribution in [0.15, 0.2) is 0 Å². The third-order valence-electron chi connectivity index (χ3n) is 1.42.